The predicted molar refractivity (Wildman–Crippen MR) is 111 cm³/mol. The highest BCUT2D eigenvalue weighted by atomic mass is 16.5. The van der Waals surface area contributed by atoms with Gasteiger partial charge in [-0.2, -0.15) is 0 Å². The monoisotopic (exact) mass is 408 g/mol. The standard InChI is InChI=1S/C13H13NO2.C6H13NO2.BH3O3/c14-12(13(15)16)8-10-6-3-5-9-4-1-2-7-11(9)10;1-4(2)3-5(7)6(8)9;2-1(3)4/h1-7,12H,8,14H2,(H,15,16);4-5H,3,7H2,1-2H3,(H,8,9);2-4H. The van der Waals surface area contributed by atoms with E-state index < -0.39 is 31.3 Å². The van der Waals surface area contributed by atoms with Gasteiger partial charge in [-0.25, -0.2) is 0 Å². The molecule has 0 aromatic heterocycles. The summed E-state index contributed by atoms with van der Waals surface area (Å²) in [5.74, 6) is -1.52. The third-order valence-corrected chi connectivity index (χ3v) is 3.68. The van der Waals surface area contributed by atoms with E-state index in [0.717, 1.165) is 16.3 Å². The molecule has 0 aliphatic carbocycles. The zero-order valence-corrected chi connectivity index (χ0v) is 16.5. The second-order valence-electron chi connectivity index (χ2n) is 6.71. The molecule has 10 heteroatoms. The van der Waals surface area contributed by atoms with Gasteiger partial charge in [0, 0.05) is 0 Å². The third-order valence-electron chi connectivity index (χ3n) is 3.68. The quantitative estimate of drug-likeness (QED) is 0.327. The fraction of sp³-hybridized carbons (Fsp3) is 0.368. The van der Waals surface area contributed by atoms with Crippen LogP contribution in [-0.4, -0.2) is 56.6 Å². The van der Waals surface area contributed by atoms with Crippen LogP contribution in [0.5, 0.6) is 0 Å². The van der Waals surface area contributed by atoms with Crippen molar-refractivity contribution in [2.75, 3.05) is 0 Å². The van der Waals surface area contributed by atoms with Gasteiger partial charge in [0.1, 0.15) is 12.1 Å². The van der Waals surface area contributed by atoms with Gasteiger partial charge in [0.05, 0.1) is 0 Å². The lowest BCUT2D eigenvalue weighted by atomic mass is 9.99. The fourth-order valence-corrected chi connectivity index (χ4v) is 2.40. The van der Waals surface area contributed by atoms with Crippen molar-refractivity contribution in [3.63, 3.8) is 0 Å². The number of rotatable bonds is 6. The van der Waals surface area contributed by atoms with Gasteiger partial charge in [-0.3, -0.25) is 9.59 Å². The summed E-state index contributed by atoms with van der Waals surface area (Å²) in [7, 11) is -2.17. The van der Waals surface area contributed by atoms with Gasteiger partial charge in [-0.15, -0.1) is 0 Å². The van der Waals surface area contributed by atoms with Crippen LogP contribution in [0.15, 0.2) is 42.5 Å². The molecule has 0 heterocycles. The molecule has 0 aliphatic rings. The number of benzene rings is 2. The highest BCUT2D eigenvalue weighted by Crippen LogP contribution is 2.19. The van der Waals surface area contributed by atoms with E-state index in [2.05, 4.69) is 0 Å². The Morgan fingerprint density at radius 3 is 1.83 bits per heavy atom. The SMILES string of the molecule is CC(C)CC(N)C(=O)O.NC(Cc1cccc2ccccc12)C(=O)O.OB(O)O. The lowest BCUT2D eigenvalue weighted by Crippen LogP contribution is -2.32. The van der Waals surface area contributed by atoms with Crippen LogP contribution in [0.2, 0.25) is 0 Å². The van der Waals surface area contributed by atoms with Gasteiger partial charge >= 0.3 is 19.3 Å². The molecule has 0 radical (unpaired) electrons. The van der Waals surface area contributed by atoms with Crippen molar-refractivity contribution < 1.29 is 34.9 Å². The first-order chi connectivity index (χ1) is 13.5. The van der Waals surface area contributed by atoms with E-state index in [-0.39, 0.29) is 0 Å². The second-order valence-corrected chi connectivity index (χ2v) is 6.71. The van der Waals surface area contributed by atoms with Crippen molar-refractivity contribution in [1.29, 1.82) is 0 Å². The molecule has 0 aliphatic heterocycles. The number of carboxylic acid groups (broad SMARTS) is 2. The molecular formula is C19H29BN2O7. The number of hydrogen-bond donors (Lipinski definition) is 7. The molecule has 2 atom stereocenters. The number of aliphatic carboxylic acids is 2. The fourth-order valence-electron chi connectivity index (χ4n) is 2.40. The Bertz CT molecular complexity index is 763. The van der Waals surface area contributed by atoms with Crippen LogP contribution in [0.1, 0.15) is 25.8 Å². The topological polar surface area (TPSA) is 187 Å². The number of carbonyl (C=O) groups is 2. The number of fused-ring (bicyclic) bond motifs is 1. The Hall–Kier alpha value is -2.50. The summed E-state index contributed by atoms with van der Waals surface area (Å²) in [5, 5.41) is 40.8. The molecule has 0 bridgehead atoms. The van der Waals surface area contributed by atoms with Crippen LogP contribution in [-0.2, 0) is 16.0 Å². The first kappa shape index (κ1) is 26.5. The molecule has 0 spiro atoms. The average Bonchev–Trinajstić information content (AvgIpc) is 2.61. The molecule has 2 aromatic carbocycles. The Morgan fingerprint density at radius 2 is 1.38 bits per heavy atom. The Balaban J connectivity index is 0.000000512. The van der Waals surface area contributed by atoms with Gasteiger partial charge in [-0.1, -0.05) is 56.3 Å². The maximum Gasteiger partial charge on any atom is 0.631 e. The van der Waals surface area contributed by atoms with Crippen molar-refractivity contribution in [2.24, 2.45) is 17.4 Å². The average molecular weight is 408 g/mol. The molecule has 2 unspecified atom stereocenters. The van der Waals surface area contributed by atoms with Gasteiger partial charge in [0.2, 0.25) is 0 Å². The summed E-state index contributed by atoms with van der Waals surface area (Å²) < 4.78 is 0. The van der Waals surface area contributed by atoms with Crippen LogP contribution < -0.4 is 11.5 Å². The van der Waals surface area contributed by atoms with E-state index in [1.807, 2.05) is 56.3 Å². The lowest BCUT2D eigenvalue weighted by Gasteiger charge is -2.09. The molecule has 0 amide bonds. The van der Waals surface area contributed by atoms with Crippen LogP contribution in [0.4, 0.5) is 0 Å². The Morgan fingerprint density at radius 1 is 0.897 bits per heavy atom. The molecule has 0 fully saturated rings. The lowest BCUT2D eigenvalue weighted by molar-refractivity contribution is -0.139. The first-order valence-electron chi connectivity index (χ1n) is 8.93. The van der Waals surface area contributed by atoms with Gasteiger partial charge < -0.3 is 36.8 Å². The van der Waals surface area contributed by atoms with E-state index in [1.54, 1.807) is 0 Å². The minimum Gasteiger partial charge on any atom is -0.480 e. The molecule has 0 saturated carbocycles. The summed E-state index contributed by atoms with van der Waals surface area (Å²) in [6.07, 6.45) is 0.909. The largest absolute Gasteiger partial charge is 0.631 e. The van der Waals surface area contributed by atoms with E-state index in [9.17, 15) is 9.59 Å². The Kier molecular flexibility index (Phi) is 12.5. The van der Waals surface area contributed by atoms with E-state index in [0.29, 0.717) is 18.8 Å². The number of carboxylic acids is 2. The predicted octanol–water partition coefficient (Wildman–Crippen LogP) is 0.187. The highest BCUT2D eigenvalue weighted by molar-refractivity contribution is 6.30. The molecule has 2 rings (SSSR count). The smallest absolute Gasteiger partial charge is 0.480 e. The van der Waals surface area contributed by atoms with Crippen LogP contribution in [0, 0.1) is 5.92 Å². The number of nitrogens with two attached hydrogens (primary N) is 2. The van der Waals surface area contributed by atoms with E-state index >= 15 is 0 Å². The summed E-state index contributed by atoms with van der Waals surface area (Å²) in [6.45, 7) is 3.89. The summed E-state index contributed by atoms with van der Waals surface area (Å²) in [5.41, 5.74) is 11.7. The second kappa shape index (κ2) is 13.6. The van der Waals surface area contributed by atoms with E-state index in [1.165, 1.54) is 0 Å². The zero-order chi connectivity index (χ0) is 22.6. The summed E-state index contributed by atoms with van der Waals surface area (Å²) >= 11 is 0. The minimum absolute atomic E-state index is 0.357. The third kappa shape index (κ3) is 11.8. The van der Waals surface area contributed by atoms with Crippen molar-refractivity contribution in [1.82, 2.24) is 0 Å². The summed E-state index contributed by atoms with van der Waals surface area (Å²) in [6, 6.07) is 12.2. The Labute approximate surface area is 169 Å². The molecule has 9 N–H and O–H groups in total. The normalized spacial score (nSPS) is 12.1. The molecule has 9 nitrogen and oxygen atoms in total. The zero-order valence-electron chi connectivity index (χ0n) is 16.5. The minimum atomic E-state index is -2.17. The number of hydrogen-bond acceptors (Lipinski definition) is 7. The maximum absolute atomic E-state index is 10.7. The van der Waals surface area contributed by atoms with E-state index in [4.69, 9.17) is 36.8 Å². The van der Waals surface area contributed by atoms with Crippen molar-refractivity contribution in [3.8, 4) is 0 Å². The highest BCUT2D eigenvalue weighted by Gasteiger charge is 2.13. The molecule has 2 aromatic rings. The first-order valence-corrected chi connectivity index (χ1v) is 8.93. The van der Waals surface area contributed by atoms with Crippen molar-refractivity contribution in [2.45, 2.75) is 38.8 Å². The molecule has 29 heavy (non-hydrogen) atoms. The van der Waals surface area contributed by atoms with Gasteiger partial charge in [0.25, 0.3) is 0 Å². The maximum atomic E-state index is 10.7. The van der Waals surface area contributed by atoms with Crippen LogP contribution in [0.25, 0.3) is 10.8 Å². The van der Waals surface area contributed by atoms with Crippen LogP contribution in [0.3, 0.4) is 0 Å². The molecular weight excluding hydrogens is 379 g/mol. The molecule has 0 saturated heterocycles. The molecule has 160 valence electrons. The van der Waals surface area contributed by atoms with Crippen molar-refractivity contribution >= 4 is 30.0 Å². The van der Waals surface area contributed by atoms with Gasteiger partial charge in [-0.05, 0) is 35.1 Å². The summed E-state index contributed by atoms with van der Waals surface area (Å²) in [4.78, 5) is 20.8. The van der Waals surface area contributed by atoms with Crippen LogP contribution >= 0.6 is 0 Å². The van der Waals surface area contributed by atoms with Gasteiger partial charge in [0.15, 0.2) is 0 Å². The van der Waals surface area contributed by atoms with Crippen molar-refractivity contribution in [3.05, 3.63) is 48.0 Å².